The van der Waals surface area contributed by atoms with Crippen molar-refractivity contribution in [2.45, 2.75) is 6.42 Å². The van der Waals surface area contributed by atoms with E-state index >= 15 is 0 Å². The van der Waals surface area contributed by atoms with Crippen molar-refractivity contribution in [2.24, 2.45) is 0 Å². The fraction of sp³-hybridized carbons (Fsp3) is 0.182. The first-order chi connectivity index (χ1) is 8.11. The van der Waals surface area contributed by atoms with E-state index in [1.165, 1.54) is 12.1 Å². The van der Waals surface area contributed by atoms with Gasteiger partial charge < -0.3 is 10.1 Å². The van der Waals surface area contributed by atoms with Crippen LogP contribution < -0.4 is 0 Å². The normalized spacial score (nSPS) is 10.8. The number of aromatic amines is 1. The number of nitrogens with one attached hydrogen (secondary N) is 1. The zero-order valence-electron chi connectivity index (χ0n) is 8.67. The van der Waals surface area contributed by atoms with Gasteiger partial charge in [0.1, 0.15) is 21.9 Å². The van der Waals surface area contributed by atoms with Gasteiger partial charge in [-0.1, -0.05) is 11.6 Å². The van der Waals surface area contributed by atoms with Gasteiger partial charge in [0.25, 0.3) is 0 Å². The zero-order chi connectivity index (χ0) is 12.4. The number of rotatable bonds is 3. The highest BCUT2D eigenvalue weighted by atomic mass is 79.9. The first kappa shape index (κ1) is 12.5. The van der Waals surface area contributed by atoms with Crippen LogP contribution in [0.5, 0.6) is 0 Å². The minimum Gasteiger partial charge on any atom is -0.396 e. The number of hydrogen-bond acceptors (Lipinski definition) is 2. The molecule has 17 heavy (non-hydrogen) atoms. The molecule has 1 aromatic heterocycles. The fourth-order valence-electron chi connectivity index (χ4n) is 1.46. The molecule has 2 rings (SSSR count). The summed E-state index contributed by atoms with van der Waals surface area (Å²) in [5.74, 6) is 0.201. The van der Waals surface area contributed by atoms with E-state index in [0.29, 0.717) is 28.1 Å². The molecular weight excluding hydrogens is 310 g/mol. The lowest BCUT2D eigenvalue weighted by atomic mass is 10.2. The summed E-state index contributed by atoms with van der Waals surface area (Å²) < 4.78 is 13.7. The van der Waals surface area contributed by atoms with Crippen molar-refractivity contribution in [3.8, 4) is 11.3 Å². The minimum atomic E-state index is -0.461. The van der Waals surface area contributed by atoms with Gasteiger partial charge in [0.05, 0.1) is 11.6 Å². The Morgan fingerprint density at radius 2 is 2.24 bits per heavy atom. The van der Waals surface area contributed by atoms with Crippen LogP contribution >= 0.6 is 27.5 Å². The molecular formula is C11H9BrClFN2O. The SMILES string of the molecule is OCCc1nc(-c2ccc(F)c(Cl)c2)c(Br)[nH]1. The summed E-state index contributed by atoms with van der Waals surface area (Å²) in [5, 5.41) is 8.88. The van der Waals surface area contributed by atoms with Crippen LogP contribution in [0, 0.1) is 5.82 Å². The standard InChI is InChI=1S/C11H9BrClFN2O/c12-11-10(15-9(16-11)3-4-17)6-1-2-8(14)7(13)5-6/h1-2,5,17H,3-4H2,(H,15,16). The number of halogens is 3. The van der Waals surface area contributed by atoms with E-state index in [1.54, 1.807) is 6.07 Å². The topological polar surface area (TPSA) is 48.9 Å². The summed E-state index contributed by atoms with van der Waals surface area (Å²) in [5.41, 5.74) is 1.36. The van der Waals surface area contributed by atoms with Crippen molar-refractivity contribution in [1.29, 1.82) is 0 Å². The Balaban J connectivity index is 2.41. The van der Waals surface area contributed by atoms with E-state index in [4.69, 9.17) is 16.7 Å². The highest BCUT2D eigenvalue weighted by Gasteiger charge is 2.11. The Kier molecular flexibility index (Phi) is 3.81. The van der Waals surface area contributed by atoms with E-state index in [2.05, 4.69) is 25.9 Å². The second-order valence-corrected chi connectivity index (χ2v) is 4.65. The highest BCUT2D eigenvalue weighted by Crippen LogP contribution is 2.29. The average molecular weight is 320 g/mol. The first-order valence-corrected chi connectivity index (χ1v) is 6.09. The van der Waals surface area contributed by atoms with Gasteiger partial charge in [-0.25, -0.2) is 9.37 Å². The van der Waals surface area contributed by atoms with Crippen LogP contribution in [-0.2, 0) is 6.42 Å². The second-order valence-electron chi connectivity index (χ2n) is 3.45. The summed E-state index contributed by atoms with van der Waals surface area (Å²) in [7, 11) is 0. The molecule has 2 aromatic rings. The zero-order valence-corrected chi connectivity index (χ0v) is 11.0. The molecule has 0 aliphatic carbocycles. The smallest absolute Gasteiger partial charge is 0.141 e. The second kappa shape index (κ2) is 5.16. The maximum atomic E-state index is 13.0. The summed E-state index contributed by atoms with van der Waals surface area (Å²) in [6.45, 7) is 0.0174. The van der Waals surface area contributed by atoms with Crippen LogP contribution in [0.15, 0.2) is 22.8 Å². The van der Waals surface area contributed by atoms with Gasteiger partial charge in [-0.05, 0) is 34.1 Å². The largest absolute Gasteiger partial charge is 0.396 e. The number of aromatic nitrogens is 2. The predicted octanol–water partition coefficient (Wildman–Crippen LogP) is 3.17. The van der Waals surface area contributed by atoms with E-state index in [0.717, 1.165) is 0 Å². The molecule has 0 atom stereocenters. The van der Waals surface area contributed by atoms with Crippen molar-refractivity contribution in [2.75, 3.05) is 6.61 Å². The molecule has 0 unspecified atom stereocenters. The van der Waals surface area contributed by atoms with E-state index in [9.17, 15) is 4.39 Å². The van der Waals surface area contributed by atoms with E-state index < -0.39 is 5.82 Å². The Bertz CT molecular complexity index is 544. The van der Waals surface area contributed by atoms with Crippen LogP contribution in [0.4, 0.5) is 4.39 Å². The molecule has 0 radical (unpaired) electrons. The number of imidazole rings is 1. The molecule has 3 nitrogen and oxygen atoms in total. The van der Waals surface area contributed by atoms with Gasteiger partial charge in [0.2, 0.25) is 0 Å². The number of nitrogens with zero attached hydrogens (tertiary/aromatic N) is 1. The summed E-state index contributed by atoms with van der Waals surface area (Å²) in [6, 6.07) is 4.41. The van der Waals surface area contributed by atoms with Gasteiger partial charge in [-0.2, -0.15) is 0 Å². The van der Waals surface area contributed by atoms with Gasteiger partial charge in [0.15, 0.2) is 0 Å². The Labute approximate surface area is 111 Å². The maximum Gasteiger partial charge on any atom is 0.141 e. The predicted molar refractivity (Wildman–Crippen MR) is 67.5 cm³/mol. The fourth-order valence-corrected chi connectivity index (χ4v) is 2.18. The molecule has 0 aliphatic rings. The van der Waals surface area contributed by atoms with Gasteiger partial charge in [-0.3, -0.25) is 0 Å². The molecule has 90 valence electrons. The third-order valence-electron chi connectivity index (χ3n) is 2.25. The molecule has 6 heteroatoms. The Morgan fingerprint density at radius 3 is 2.88 bits per heavy atom. The van der Waals surface area contributed by atoms with Gasteiger partial charge >= 0.3 is 0 Å². The molecule has 0 amide bonds. The number of benzene rings is 1. The van der Waals surface area contributed by atoms with Gasteiger partial charge in [0, 0.05) is 12.0 Å². The number of hydrogen-bond donors (Lipinski definition) is 2. The Hall–Kier alpha value is -0.910. The lowest BCUT2D eigenvalue weighted by molar-refractivity contribution is 0.297. The van der Waals surface area contributed by atoms with Crippen molar-refractivity contribution >= 4 is 27.5 Å². The molecule has 0 saturated heterocycles. The number of aliphatic hydroxyl groups is 1. The lowest BCUT2D eigenvalue weighted by Gasteiger charge is -1.99. The van der Waals surface area contributed by atoms with Crippen molar-refractivity contribution in [1.82, 2.24) is 9.97 Å². The van der Waals surface area contributed by atoms with Crippen LogP contribution in [-0.4, -0.2) is 21.7 Å². The summed E-state index contributed by atoms with van der Waals surface area (Å²) in [4.78, 5) is 7.28. The monoisotopic (exact) mass is 318 g/mol. The summed E-state index contributed by atoms with van der Waals surface area (Å²) in [6.07, 6.45) is 0.438. The molecule has 0 spiro atoms. The van der Waals surface area contributed by atoms with Crippen LogP contribution in [0.2, 0.25) is 5.02 Å². The minimum absolute atomic E-state index is 0.0174. The quantitative estimate of drug-likeness (QED) is 0.913. The van der Waals surface area contributed by atoms with Crippen LogP contribution in [0.3, 0.4) is 0 Å². The first-order valence-electron chi connectivity index (χ1n) is 4.92. The summed E-state index contributed by atoms with van der Waals surface area (Å²) >= 11 is 9.05. The molecule has 2 N–H and O–H groups in total. The third kappa shape index (κ3) is 2.68. The molecule has 0 bridgehead atoms. The Morgan fingerprint density at radius 1 is 1.47 bits per heavy atom. The van der Waals surface area contributed by atoms with E-state index in [1.807, 2.05) is 0 Å². The molecule has 1 heterocycles. The van der Waals surface area contributed by atoms with Crippen molar-refractivity contribution < 1.29 is 9.50 Å². The van der Waals surface area contributed by atoms with Crippen LogP contribution in [0.25, 0.3) is 11.3 Å². The van der Waals surface area contributed by atoms with E-state index in [-0.39, 0.29) is 11.6 Å². The average Bonchev–Trinajstić information content (AvgIpc) is 2.64. The lowest BCUT2D eigenvalue weighted by Crippen LogP contribution is -1.92. The third-order valence-corrected chi connectivity index (χ3v) is 3.11. The van der Waals surface area contributed by atoms with Crippen molar-refractivity contribution in [3.05, 3.63) is 39.5 Å². The highest BCUT2D eigenvalue weighted by molar-refractivity contribution is 9.10. The molecule has 1 aromatic carbocycles. The maximum absolute atomic E-state index is 13.0. The molecule has 0 saturated carbocycles. The van der Waals surface area contributed by atoms with Crippen molar-refractivity contribution in [3.63, 3.8) is 0 Å². The molecule has 0 aliphatic heterocycles. The number of H-pyrrole nitrogens is 1. The van der Waals surface area contributed by atoms with Gasteiger partial charge in [-0.15, -0.1) is 0 Å². The molecule has 0 fully saturated rings. The van der Waals surface area contributed by atoms with Crippen LogP contribution in [0.1, 0.15) is 5.82 Å². The number of aliphatic hydroxyl groups excluding tert-OH is 1.